The van der Waals surface area contributed by atoms with E-state index < -0.39 is 12.0 Å². The van der Waals surface area contributed by atoms with Crippen molar-refractivity contribution >= 4 is 23.5 Å². The number of carbonyl (C=O) groups excluding carboxylic acids is 1. The van der Waals surface area contributed by atoms with Gasteiger partial charge in [-0.3, -0.25) is 4.79 Å². The van der Waals surface area contributed by atoms with Crippen molar-refractivity contribution in [3.8, 4) is 16.9 Å². The van der Waals surface area contributed by atoms with Crippen LogP contribution in [0.15, 0.2) is 72.8 Å². The van der Waals surface area contributed by atoms with Crippen LogP contribution in [0.5, 0.6) is 5.75 Å². The Kier molecular flexibility index (Phi) is 5.96. The summed E-state index contributed by atoms with van der Waals surface area (Å²) in [5, 5.41) is 10.3. The molecule has 158 valence electrons. The molecule has 0 saturated carbocycles. The molecule has 2 atom stereocenters. The molecule has 1 N–H and O–H groups in total. The van der Waals surface area contributed by atoms with E-state index in [4.69, 9.17) is 16.3 Å². The summed E-state index contributed by atoms with van der Waals surface area (Å²) in [4.78, 5) is 26.8. The Morgan fingerprint density at radius 3 is 2.32 bits per heavy atom. The lowest BCUT2D eigenvalue weighted by Crippen LogP contribution is -2.41. The van der Waals surface area contributed by atoms with Gasteiger partial charge in [0, 0.05) is 16.1 Å². The summed E-state index contributed by atoms with van der Waals surface area (Å²) in [6.45, 7) is 0. The molecule has 1 saturated heterocycles. The summed E-state index contributed by atoms with van der Waals surface area (Å²) in [6, 6.07) is 20.8. The summed E-state index contributed by atoms with van der Waals surface area (Å²) in [7, 11) is 1.62. The van der Waals surface area contributed by atoms with E-state index in [2.05, 4.69) is 0 Å². The average Bonchev–Trinajstić information content (AvgIpc) is 3.24. The Bertz CT molecular complexity index is 1110. The summed E-state index contributed by atoms with van der Waals surface area (Å²) < 4.78 is 5.42. The van der Waals surface area contributed by atoms with Crippen LogP contribution in [0.3, 0.4) is 0 Å². The van der Waals surface area contributed by atoms with Gasteiger partial charge in [-0.05, 0) is 48.2 Å². The third-order valence-corrected chi connectivity index (χ3v) is 6.06. The van der Waals surface area contributed by atoms with Crippen LogP contribution in [-0.4, -0.2) is 35.0 Å². The molecule has 0 aromatic heterocycles. The van der Waals surface area contributed by atoms with E-state index in [1.165, 1.54) is 4.90 Å². The number of likely N-dealkylation sites (tertiary alicyclic amines) is 1. The number of rotatable bonds is 5. The van der Waals surface area contributed by atoms with E-state index in [9.17, 15) is 14.7 Å². The number of benzene rings is 3. The highest BCUT2D eigenvalue weighted by molar-refractivity contribution is 6.31. The van der Waals surface area contributed by atoms with Gasteiger partial charge < -0.3 is 14.7 Å². The van der Waals surface area contributed by atoms with Gasteiger partial charge in [0.2, 0.25) is 0 Å². The van der Waals surface area contributed by atoms with Crippen LogP contribution >= 0.6 is 11.6 Å². The van der Waals surface area contributed by atoms with E-state index in [1.54, 1.807) is 25.3 Å². The number of aliphatic carboxylic acids is 1. The summed E-state index contributed by atoms with van der Waals surface area (Å²) in [5.41, 5.74) is 3.03. The number of carbonyl (C=O) groups is 2. The third-order valence-electron chi connectivity index (χ3n) is 5.72. The number of hydrogen-bond donors (Lipinski definition) is 1. The molecular formula is C25H22ClNO4. The maximum Gasteiger partial charge on any atom is 0.326 e. The Labute approximate surface area is 185 Å². The fourth-order valence-electron chi connectivity index (χ4n) is 4.21. The molecule has 4 rings (SSSR count). The van der Waals surface area contributed by atoms with Crippen LogP contribution in [0.1, 0.15) is 34.8 Å². The van der Waals surface area contributed by atoms with E-state index in [0.717, 1.165) is 22.4 Å². The van der Waals surface area contributed by atoms with Crippen LogP contribution in [0.2, 0.25) is 5.02 Å². The fourth-order valence-corrected chi connectivity index (χ4v) is 4.47. The summed E-state index contributed by atoms with van der Waals surface area (Å²) in [5.74, 6) is -0.583. The molecule has 1 aliphatic heterocycles. The number of hydrogen-bond acceptors (Lipinski definition) is 3. The first-order valence-corrected chi connectivity index (χ1v) is 10.4. The van der Waals surface area contributed by atoms with Crippen molar-refractivity contribution < 1.29 is 19.4 Å². The number of halogens is 1. The lowest BCUT2D eigenvalue weighted by atomic mass is 10.0. The molecule has 0 spiro atoms. The van der Waals surface area contributed by atoms with Gasteiger partial charge in [-0.25, -0.2) is 4.79 Å². The molecule has 3 aromatic carbocycles. The van der Waals surface area contributed by atoms with Gasteiger partial charge in [-0.2, -0.15) is 0 Å². The maximum atomic E-state index is 13.4. The molecule has 1 amide bonds. The highest BCUT2D eigenvalue weighted by atomic mass is 35.5. The van der Waals surface area contributed by atoms with Gasteiger partial charge in [0.25, 0.3) is 5.91 Å². The first-order valence-electron chi connectivity index (χ1n) is 10.0. The van der Waals surface area contributed by atoms with Crippen LogP contribution in [-0.2, 0) is 4.79 Å². The van der Waals surface area contributed by atoms with Crippen molar-refractivity contribution in [2.45, 2.75) is 24.9 Å². The maximum absolute atomic E-state index is 13.4. The van der Waals surface area contributed by atoms with Crippen molar-refractivity contribution in [1.29, 1.82) is 0 Å². The van der Waals surface area contributed by atoms with Crippen LogP contribution in [0.4, 0.5) is 0 Å². The van der Waals surface area contributed by atoms with E-state index >= 15 is 0 Å². The second-order valence-electron chi connectivity index (χ2n) is 7.46. The molecule has 6 heteroatoms. The lowest BCUT2D eigenvalue weighted by molar-refractivity contribution is -0.141. The van der Waals surface area contributed by atoms with Crippen LogP contribution in [0.25, 0.3) is 11.1 Å². The highest BCUT2D eigenvalue weighted by Crippen LogP contribution is 2.40. The number of methoxy groups -OCH3 is 1. The first kappa shape index (κ1) is 20.9. The lowest BCUT2D eigenvalue weighted by Gasteiger charge is -2.29. The molecular weight excluding hydrogens is 414 g/mol. The number of amides is 1. The predicted octanol–water partition coefficient (Wildman–Crippen LogP) is 5.45. The van der Waals surface area contributed by atoms with Gasteiger partial charge in [0.15, 0.2) is 0 Å². The average molecular weight is 436 g/mol. The van der Waals surface area contributed by atoms with Gasteiger partial charge >= 0.3 is 5.97 Å². The monoisotopic (exact) mass is 435 g/mol. The predicted molar refractivity (Wildman–Crippen MR) is 119 cm³/mol. The van der Waals surface area contributed by atoms with Crippen molar-refractivity contribution in [2.24, 2.45) is 0 Å². The van der Waals surface area contributed by atoms with Gasteiger partial charge in [0.1, 0.15) is 11.8 Å². The van der Waals surface area contributed by atoms with Crippen molar-refractivity contribution in [3.05, 3.63) is 88.9 Å². The minimum Gasteiger partial charge on any atom is -0.496 e. The zero-order chi connectivity index (χ0) is 22.0. The molecule has 5 nitrogen and oxygen atoms in total. The largest absolute Gasteiger partial charge is 0.496 e. The topological polar surface area (TPSA) is 66.8 Å². The molecule has 0 bridgehead atoms. The third kappa shape index (κ3) is 4.01. The Balaban J connectivity index is 1.67. The van der Waals surface area contributed by atoms with Gasteiger partial charge in [-0.1, -0.05) is 60.1 Å². The Morgan fingerprint density at radius 1 is 0.968 bits per heavy atom. The van der Waals surface area contributed by atoms with Gasteiger partial charge in [0.05, 0.1) is 13.2 Å². The standard InChI is InChI=1S/C25H22ClNO4/c1-31-23-9-5-3-6-18(23)16-10-12-17(13-11-16)24(28)27-21(14-15-22(27)25(29)30)19-7-2-4-8-20(19)26/h2-13,21-22H,14-15H2,1H3,(H,29,30). The quantitative estimate of drug-likeness (QED) is 0.579. The number of nitrogens with zero attached hydrogens (tertiary/aromatic N) is 1. The molecule has 1 heterocycles. The van der Waals surface area contributed by atoms with Crippen molar-refractivity contribution in [2.75, 3.05) is 7.11 Å². The molecule has 2 unspecified atom stereocenters. The number of carboxylic acid groups (broad SMARTS) is 1. The molecule has 1 aliphatic rings. The Hall–Kier alpha value is -3.31. The van der Waals surface area contributed by atoms with Gasteiger partial charge in [-0.15, -0.1) is 0 Å². The Morgan fingerprint density at radius 2 is 1.65 bits per heavy atom. The van der Waals surface area contributed by atoms with E-state index in [0.29, 0.717) is 23.4 Å². The van der Waals surface area contributed by atoms with Crippen molar-refractivity contribution in [3.63, 3.8) is 0 Å². The SMILES string of the molecule is COc1ccccc1-c1ccc(C(=O)N2C(C(=O)O)CCC2c2ccccc2Cl)cc1. The second-order valence-corrected chi connectivity index (χ2v) is 7.87. The minimum absolute atomic E-state index is 0.318. The molecule has 0 radical (unpaired) electrons. The van der Waals surface area contributed by atoms with E-state index in [-0.39, 0.29) is 11.9 Å². The van der Waals surface area contributed by atoms with Crippen molar-refractivity contribution in [1.82, 2.24) is 4.90 Å². The highest BCUT2D eigenvalue weighted by Gasteiger charge is 2.42. The van der Waals surface area contributed by atoms with Crippen LogP contribution < -0.4 is 4.74 Å². The summed E-state index contributed by atoms with van der Waals surface area (Å²) >= 11 is 6.37. The molecule has 0 aliphatic carbocycles. The number of para-hydroxylation sites is 1. The normalized spacial score (nSPS) is 18.1. The molecule has 31 heavy (non-hydrogen) atoms. The first-order chi connectivity index (χ1) is 15.0. The molecule has 3 aromatic rings. The van der Waals surface area contributed by atoms with E-state index in [1.807, 2.05) is 54.6 Å². The summed E-state index contributed by atoms with van der Waals surface area (Å²) in [6.07, 6.45) is 0.933. The van der Waals surface area contributed by atoms with Crippen LogP contribution in [0, 0.1) is 0 Å². The smallest absolute Gasteiger partial charge is 0.326 e. The zero-order valence-electron chi connectivity index (χ0n) is 17.0. The second kappa shape index (κ2) is 8.82. The minimum atomic E-state index is -1.01. The fraction of sp³-hybridized carbons (Fsp3) is 0.200. The number of ether oxygens (including phenoxy) is 1. The number of carboxylic acids is 1. The molecule has 1 fully saturated rings. The zero-order valence-corrected chi connectivity index (χ0v) is 17.8.